The largest absolute Gasteiger partial charge is 0.462 e. The third-order valence-corrected chi connectivity index (χ3v) is 13.8. The second-order valence-corrected chi connectivity index (χ2v) is 21.6. The van der Waals surface area contributed by atoms with Crippen molar-refractivity contribution >= 4 is 17.9 Å². The van der Waals surface area contributed by atoms with Gasteiger partial charge in [0.25, 0.3) is 0 Å². The maximum atomic E-state index is 13.0. The monoisotopic (exact) mass is 1120 g/mol. The van der Waals surface area contributed by atoms with Crippen LogP contribution in [0.4, 0.5) is 0 Å². The van der Waals surface area contributed by atoms with Crippen LogP contribution in [0, 0.1) is 0 Å². The Hall–Kier alpha value is -4.71. The predicted octanol–water partition coefficient (Wildman–Crippen LogP) is 23.1. The Morgan fingerprint density at radius 2 is 0.481 bits per heavy atom. The van der Waals surface area contributed by atoms with Gasteiger partial charge in [-0.2, -0.15) is 0 Å². The van der Waals surface area contributed by atoms with Gasteiger partial charge in [0.05, 0.1) is 0 Å². The van der Waals surface area contributed by atoms with E-state index in [1.165, 1.54) is 103 Å². The lowest BCUT2D eigenvalue weighted by Crippen LogP contribution is -2.30. The molecule has 0 heterocycles. The molecule has 6 heteroatoms. The summed E-state index contributed by atoms with van der Waals surface area (Å²) in [6.45, 7) is 6.37. The molecule has 0 aromatic heterocycles. The molecule has 0 bridgehead atoms. The smallest absolute Gasteiger partial charge is 0.306 e. The summed E-state index contributed by atoms with van der Waals surface area (Å²) in [4.78, 5) is 38.4. The molecule has 1 atom stereocenters. The van der Waals surface area contributed by atoms with Crippen LogP contribution in [0.2, 0.25) is 0 Å². The van der Waals surface area contributed by atoms with Gasteiger partial charge in [0.1, 0.15) is 13.2 Å². The Balaban J connectivity index is 4.49. The number of rotatable bonds is 59. The molecule has 0 aromatic rings. The Morgan fingerprint density at radius 3 is 0.753 bits per heavy atom. The molecule has 0 aromatic carbocycles. The molecule has 0 saturated carbocycles. The molecule has 0 rings (SSSR count). The number of hydrogen-bond acceptors (Lipinski definition) is 6. The maximum absolute atomic E-state index is 13.0. The minimum Gasteiger partial charge on any atom is -0.462 e. The molecule has 0 saturated heterocycles. The molecule has 1 unspecified atom stereocenters. The number of ether oxygens (including phenoxy) is 3. The minimum absolute atomic E-state index is 0.0965. The normalized spacial score (nSPS) is 13.1. The lowest BCUT2D eigenvalue weighted by atomic mass is 10.1. The quantitative estimate of drug-likeness (QED) is 0.0261. The lowest BCUT2D eigenvalue weighted by molar-refractivity contribution is -0.167. The molecule has 0 aliphatic rings. The molecule has 0 fully saturated rings. The topological polar surface area (TPSA) is 78.9 Å². The molecular weight excluding hydrogens is 997 g/mol. The number of carbonyl (C=O) groups is 3. The van der Waals surface area contributed by atoms with Crippen LogP contribution in [0.1, 0.15) is 290 Å². The Kier molecular flexibility index (Phi) is 63.9. The van der Waals surface area contributed by atoms with Crippen LogP contribution in [0.5, 0.6) is 0 Å². The highest BCUT2D eigenvalue weighted by Gasteiger charge is 2.19. The van der Waals surface area contributed by atoms with Crippen molar-refractivity contribution in [2.24, 2.45) is 0 Å². The standard InChI is InChI=1S/C75H122O6/c1-4-7-10-13-16-19-22-25-28-31-34-36-37-39-41-44-47-50-53-56-59-62-65-68-74(77)80-71-72(70-79-73(76)67-64-61-58-55-52-49-46-43-40-33-30-27-24-21-18-15-12-9-6-3)81-75(78)69-66-63-60-57-54-51-48-45-42-38-35-32-29-26-23-20-17-14-11-8-5-2/h7-8,10-11,16-21,25-30,34-36,38-39,41,47,50,72H,4-6,9,12-15,22-24,31-33,37,40,42-46,48-49,51-71H2,1-3H3/b10-7-,11-8-,19-16-,20-17-,21-18-,28-25-,29-26-,30-27-,36-34-,38-35-,41-39-,50-47-. The first-order chi connectivity index (χ1) is 40.0. The minimum atomic E-state index is -0.804. The van der Waals surface area contributed by atoms with E-state index in [2.05, 4.69) is 167 Å². The first-order valence-corrected chi connectivity index (χ1v) is 33.3. The molecule has 0 aliphatic carbocycles. The van der Waals surface area contributed by atoms with Crippen molar-refractivity contribution in [2.45, 2.75) is 297 Å². The van der Waals surface area contributed by atoms with Crippen LogP contribution in [-0.4, -0.2) is 37.2 Å². The Bertz CT molecular complexity index is 1760. The van der Waals surface area contributed by atoms with Gasteiger partial charge in [-0.15, -0.1) is 0 Å². The van der Waals surface area contributed by atoms with Crippen LogP contribution in [0.15, 0.2) is 146 Å². The van der Waals surface area contributed by atoms with E-state index in [4.69, 9.17) is 14.2 Å². The van der Waals surface area contributed by atoms with Gasteiger partial charge in [0, 0.05) is 19.3 Å². The molecule has 0 aliphatic heterocycles. The van der Waals surface area contributed by atoms with Crippen molar-refractivity contribution < 1.29 is 28.6 Å². The number of hydrogen-bond donors (Lipinski definition) is 0. The van der Waals surface area contributed by atoms with E-state index < -0.39 is 6.10 Å². The highest BCUT2D eigenvalue weighted by Crippen LogP contribution is 2.15. The van der Waals surface area contributed by atoms with E-state index in [0.717, 1.165) is 148 Å². The van der Waals surface area contributed by atoms with Gasteiger partial charge in [-0.1, -0.05) is 276 Å². The summed E-state index contributed by atoms with van der Waals surface area (Å²) >= 11 is 0. The van der Waals surface area contributed by atoms with Crippen LogP contribution in [0.3, 0.4) is 0 Å². The van der Waals surface area contributed by atoms with Gasteiger partial charge >= 0.3 is 17.9 Å². The summed E-state index contributed by atoms with van der Waals surface area (Å²) < 4.78 is 16.9. The summed E-state index contributed by atoms with van der Waals surface area (Å²) in [5, 5.41) is 0. The second kappa shape index (κ2) is 67.8. The second-order valence-electron chi connectivity index (χ2n) is 21.6. The fourth-order valence-corrected chi connectivity index (χ4v) is 8.88. The van der Waals surface area contributed by atoms with E-state index >= 15 is 0 Å². The predicted molar refractivity (Wildman–Crippen MR) is 352 cm³/mol. The van der Waals surface area contributed by atoms with Crippen molar-refractivity contribution in [3.05, 3.63) is 146 Å². The SMILES string of the molecule is CC/C=C\C/C=C\C/C=C\C/C=C\C/C=C\C/C=C\CCCCCCC(=O)OCC(COC(=O)CCCCCCCCCCC/C=C\C/C=C\CCCCC)OC(=O)CCCCCCCCCC/C=C\C/C=C\C/C=C\C/C=C\CC. The van der Waals surface area contributed by atoms with Crippen molar-refractivity contribution in [2.75, 3.05) is 13.2 Å². The van der Waals surface area contributed by atoms with Crippen molar-refractivity contribution in [1.82, 2.24) is 0 Å². The van der Waals surface area contributed by atoms with E-state index in [9.17, 15) is 14.4 Å². The summed E-state index contributed by atoms with van der Waals surface area (Å²) in [5.74, 6) is -0.931. The number of carbonyl (C=O) groups excluding carboxylic acids is 3. The van der Waals surface area contributed by atoms with Crippen LogP contribution >= 0.6 is 0 Å². The summed E-state index contributed by atoms with van der Waals surface area (Å²) in [6, 6.07) is 0. The number of allylic oxidation sites excluding steroid dienone is 24. The molecule has 81 heavy (non-hydrogen) atoms. The van der Waals surface area contributed by atoms with Gasteiger partial charge in [-0.05, 0) is 141 Å². The van der Waals surface area contributed by atoms with Crippen LogP contribution in [0.25, 0.3) is 0 Å². The average molecular weight is 1120 g/mol. The molecule has 0 N–H and O–H groups in total. The highest BCUT2D eigenvalue weighted by molar-refractivity contribution is 5.71. The molecule has 0 radical (unpaired) electrons. The van der Waals surface area contributed by atoms with Gasteiger partial charge < -0.3 is 14.2 Å². The molecule has 0 amide bonds. The lowest BCUT2D eigenvalue weighted by Gasteiger charge is -2.18. The summed E-state index contributed by atoms with van der Waals surface area (Å²) in [7, 11) is 0. The van der Waals surface area contributed by atoms with Crippen molar-refractivity contribution in [3.63, 3.8) is 0 Å². The van der Waals surface area contributed by atoms with Gasteiger partial charge in [0.15, 0.2) is 6.10 Å². The molecule has 458 valence electrons. The molecular formula is C75H122O6. The third kappa shape index (κ3) is 66.0. The van der Waals surface area contributed by atoms with Crippen LogP contribution in [-0.2, 0) is 28.6 Å². The van der Waals surface area contributed by atoms with E-state index in [1.54, 1.807) is 0 Å². The Morgan fingerprint density at radius 1 is 0.259 bits per heavy atom. The number of unbranched alkanes of at least 4 members (excludes halogenated alkanes) is 24. The van der Waals surface area contributed by atoms with E-state index in [1.807, 2.05) is 0 Å². The fraction of sp³-hybridized carbons (Fsp3) is 0.640. The number of esters is 3. The third-order valence-electron chi connectivity index (χ3n) is 13.8. The summed E-state index contributed by atoms with van der Waals surface area (Å²) in [5.41, 5.74) is 0. The Labute approximate surface area is 499 Å². The van der Waals surface area contributed by atoms with Crippen molar-refractivity contribution in [3.8, 4) is 0 Å². The molecule has 0 spiro atoms. The van der Waals surface area contributed by atoms with Gasteiger partial charge in [-0.3, -0.25) is 14.4 Å². The van der Waals surface area contributed by atoms with Gasteiger partial charge in [0.2, 0.25) is 0 Å². The van der Waals surface area contributed by atoms with E-state index in [-0.39, 0.29) is 31.1 Å². The van der Waals surface area contributed by atoms with Gasteiger partial charge in [-0.25, -0.2) is 0 Å². The average Bonchev–Trinajstić information content (AvgIpc) is 3.47. The maximum Gasteiger partial charge on any atom is 0.306 e. The fourth-order valence-electron chi connectivity index (χ4n) is 8.88. The van der Waals surface area contributed by atoms with Crippen molar-refractivity contribution in [1.29, 1.82) is 0 Å². The molecule has 6 nitrogen and oxygen atoms in total. The first-order valence-electron chi connectivity index (χ1n) is 33.3. The highest BCUT2D eigenvalue weighted by atomic mass is 16.6. The first kappa shape index (κ1) is 76.3. The van der Waals surface area contributed by atoms with Crippen LogP contribution < -0.4 is 0 Å². The zero-order valence-corrected chi connectivity index (χ0v) is 52.5. The van der Waals surface area contributed by atoms with E-state index in [0.29, 0.717) is 19.3 Å². The zero-order valence-electron chi connectivity index (χ0n) is 52.5. The summed E-state index contributed by atoms with van der Waals surface area (Å²) in [6.07, 6.45) is 97.0. The zero-order chi connectivity index (χ0) is 58.5.